The number of carboxylic acids is 1. The van der Waals surface area contributed by atoms with E-state index in [1.807, 2.05) is 36.4 Å². The summed E-state index contributed by atoms with van der Waals surface area (Å²) in [6.45, 7) is -0.584. The first-order valence-corrected chi connectivity index (χ1v) is 9.88. The van der Waals surface area contributed by atoms with Gasteiger partial charge in [0.2, 0.25) is 0 Å². The third kappa shape index (κ3) is 4.45. The molecule has 6 nitrogen and oxygen atoms in total. The lowest BCUT2D eigenvalue weighted by Crippen LogP contribution is -2.30. The van der Waals surface area contributed by atoms with E-state index < -0.39 is 18.4 Å². The molecular weight excluding hydrogens is 503 g/mol. The second-order valence-corrected chi connectivity index (χ2v) is 8.09. The molecule has 3 aromatic rings. The molecule has 1 heterocycles. The van der Waals surface area contributed by atoms with Crippen LogP contribution in [-0.4, -0.2) is 33.6 Å². The number of hydrogen-bond acceptors (Lipinski definition) is 5. The van der Waals surface area contributed by atoms with Crippen molar-refractivity contribution in [2.45, 2.75) is 9.79 Å². The molecule has 0 bridgehead atoms. The van der Waals surface area contributed by atoms with Gasteiger partial charge >= 0.3 is 5.97 Å². The van der Waals surface area contributed by atoms with E-state index >= 15 is 0 Å². The number of amides is 1. The van der Waals surface area contributed by atoms with E-state index in [1.54, 1.807) is 6.07 Å². The highest BCUT2D eigenvalue weighted by atomic mass is 127. The third-order valence-electron chi connectivity index (χ3n) is 3.55. The van der Waals surface area contributed by atoms with Crippen LogP contribution < -0.4 is 5.32 Å². The van der Waals surface area contributed by atoms with E-state index in [4.69, 9.17) is 16.7 Å². The Bertz CT molecular complexity index is 1050. The van der Waals surface area contributed by atoms with E-state index in [0.717, 1.165) is 9.79 Å². The molecule has 1 aromatic heterocycles. The van der Waals surface area contributed by atoms with Gasteiger partial charge in [-0.3, -0.25) is 9.59 Å². The average molecular weight is 515 g/mol. The molecule has 0 saturated carbocycles. The number of aromatic nitrogens is 1. The SMILES string of the molecule is O=C(O)CNC(=O)c1nc(Cl)c2cc(Sc3ccccc3)cc(I)c2c1O. The lowest BCUT2D eigenvalue weighted by Gasteiger charge is -2.12. The Balaban J connectivity index is 2.04. The van der Waals surface area contributed by atoms with Crippen LogP contribution in [0.2, 0.25) is 5.15 Å². The minimum Gasteiger partial charge on any atom is -0.505 e. The van der Waals surface area contributed by atoms with E-state index in [1.165, 1.54) is 11.8 Å². The smallest absolute Gasteiger partial charge is 0.322 e. The molecule has 0 fully saturated rings. The number of halogens is 2. The third-order valence-corrected chi connectivity index (χ3v) is 5.67. The highest BCUT2D eigenvalue weighted by Crippen LogP contribution is 2.39. The molecule has 1 amide bonds. The summed E-state index contributed by atoms with van der Waals surface area (Å²) in [5, 5.41) is 22.3. The van der Waals surface area contributed by atoms with Gasteiger partial charge in [0.15, 0.2) is 11.4 Å². The Hall–Kier alpha value is -2.04. The first-order valence-electron chi connectivity index (χ1n) is 7.61. The van der Waals surface area contributed by atoms with Gasteiger partial charge in [-0.25, -0.2) is 4.98 Å². The van der Waals surface area contributed by atoms with Gasteiger partial charge in [0, 0.05) is 24.1 Å². The van der Waals surface area contributed by atoms with Crippen LogP contribution in [0.3, 0.4) is 0 Å². The van der Waals surface area contributed by atoms with Gasteiger partial charge in [-0.2, -0.15) is 0 Å². The number of nitrogens with zero attached hydrogens (tertiary/aromatic N) is 1. The summed E-state index contributed by atoms with van der Waals surface area (Å²) in [7, 11) is 0. The molecule has 0 saturated heterocycles. The quantitative estimate of drug-likeness (QED) is 0.349. The van der Waals surface area contributed by atoms with Crippen molar-refractivity contribution in [3.63, 3.8) is 0 Å². The summed E-state index contributed by atoms with van der Waals surface area (Å²) < 4.78 is 0.692. The van der Waals surface area contributed by atoms with Crippen LogP contribution in [0.5, 0.6) is 5.75 Å². The van der Waals surface area contributed by atoms with Crippen LogP contribution >= 0.6 is 46.0 Å². The summed E-state index contributed by atoms with van der Waals surface area (Å²) in [5.41, 5.74) is -0.310. The van der Waals surface area contributed by atoms with E-state index in [0.29, 0.717) is 14.3 Å². The van der Waals surface area contributed by atoms with E-state index in [9.17, 15) is 14.7 Å². The molecule has 0 spiro atoms. The number of carbonyl (C=O) groups is 2. The molecule has 9 heteroatoms. The molecule has 0 aliphatic carbocycles. The number of pyridine rings is 1. The summed E-state index contributed by atoms with van der Waals surface area (Å²) in [6, 6.07) is 13.4. The molecule has 2 aromatic carbocycles. The molecule has 27 heavy (non-hydrogen) atoms. The van der Waals surface area contributed by atoms with Crippen molar-refractivity contribution in [3.05, 3.63) is 56.9 Å². The highest BCUT2D eigenvalue weighted by Gasteiger charge is 2.21. The average Bonchev–Trinajstić information content (AvgIpc) is 2.63. The second kappa shape index (κ2) is 8.32. The van der Waals surface area contributed by atoms with Crippen molar-refractivity contribution in [1.29, 1.82) is 0 Å². The standard InChI is InChI=1S/C18H12ClIN2O4S/c19-17-11-6-10(27-9-4-2-1-3-5-9)7-12(20)14(11)16(25)15(22-17)18(26)21-8-13(23)24/h1-7,25H,8H2,(H,21,26)(H,23,24). The second-order valence-electron chi connectivity index (χ2n) is 5.42. The maximum Gasteiger partial charge on any atom is 0.322 e. The lowest BCUT2D eigenvalue weighted by molar-refractivity contribution is -0.135. The maximum atomic E-state index is 12.1. The van der Waals surface area contributed by atoms with Gasteiger partial charge in [0.25, 0.3) is 5.91 Å². The topological polar surface area (TPSA) is 99.5 Å². The summed E-state index contributed by atoms with van der Waals surface area (Å²) in [5.74, 6) is -2.35. The molecule has 3 N–H and O–H groups in total. The number of rotatable bonds is 5. The maximum absolute atomic E-state index is 12.1. The van der Waals surface area contributed by atoms with Gasteiger partial charge in [-0.15, -0.1) is 0 Å². The number of carbonyl (C=O) groups excluding carboxylic acids is 1. The van der Waals surface area contributed by atoms with Crippen molar-refractivity contribution in [1.82, 2.24) is 10.3 Å². The predicted molar refractivity (Wildman–Crippen MR) is 112 cm³/mol. The Labute approximate surface area is 177 Å². The Kier molecular flexibility index (Phi) is 6.08. The van der Waals surface area contributed by atoms with Crippen LogP contribution in [0.15, 0.2) is 52.3 Å². The first-order chi connectivity index (χ1) is 12.9. The number of nitrogens with one attached hydrogen (secondary N) is 1. The fraction of sp³-hybridized carbons (Fsp3) is 0.0556. The monoisotopic (exact) mass is 514 g/mol. The first kappa shape index (κ1) is 19.7. The number of aliphatic carboxylic acids is 1. The minimum atomic E-state index is -1.20. The van der Waals surface area contributed by atoms with Gasteiger partial charge < -0.3 is 15.5 Å². The van der Waals surface area contributed by atoms with Gasteiger partial charge in [-0.05, 0) is 46.9 Å². The lowest BCUT2D eigenvalue weighted by atomic mass is 10.1. The Morgan fingerprint density at radius 3 is 2.56 bits per heavy atom. The molecule has 0 unspecified atom stereocenters. The zero-order chi connectivity index (χ0) is 19.6. The van der Waals surface area contributed by atoms with Gasteiger partial charge in [0.1, 0.15) is 11.7 Å². The van der Waals surface area contributed by atoms with Crippen molar-refractivity contribution in [2.24, 2.45) is 0 Å². The van der Waals surface area contributed by atoms with Gasteiger partial charge in [-0.1, -0.05) is 41.6 Å². The van der Waals surface area contributed by atoms with Gasteiger partial charge in [0.05, 0.1) is 0 Å². The van der Waals surface area contributed by atoms with Crippen molar-refractivity contribution < 1.29 is 19.8 Å². The van der Waals surface area contributed by atoms with Crippen LogP contribution in [-0.2, 0) is 4.79 Å². The van der Waals surface area contributed by atoms with Crippen molar-refractivity contribution >= 4 is 68.6 Å². The van der Waals surface area contributed by atoms with E-state index in [-0.39, 0.29) is 16.6 Å². The van der Waals surface area contributed by atoms with E-state index in [2.05, 4.69) is 32.9 Å². The molecule has 0 atom stereocenters. The fourth-order valence-electron chi connectivity index (χ4n) is 2.40. The molecule has 0 radical (unpaired) electrons. The minimum absolute atomic E-state index is 0.0525. The van der Waals surface area contributed by atoms with Crippen LogP contribution in [0.25, 0.3) is 10.8 Å². The predicted octanol–water partition coefficient (Wildman–Crippen LogP) is 4.16. The van der Waals surface area contributed by atoms with Crippen LogP contribution in [0, 0.1) is 3.57 Å². The number of aromatic hydroxyl groups is 1. The summed E-state index contributed by atoms with van der Waals surface area (Å²) in [4.78, 5) is 28.7. The van der Waals surface area contributed by atoms with Crippen LogP contribution in [0.1, 0.15) is 10.5 Å². The number of benzene rings is 2. The summed E-state index contributed by atoms with van der Waals surface area (Å²) >= 11 is 9.85. The number of fused-ring (bicyclic) bond motifs is 1. The molecule has 0 aliphatic rings. The fourth-order valence-corrected chi connectivity index (χ4v) is 4.64. The summed E-state index contributed by atoms with van der Waals surface area (Å²) in [6.07, 6.45) is 0. The zero-order valence-electron chi connectivity index (χ0n) is 13.6. The molecule has 0 aliphatic heterocycles. The van der Waals surface area contributed by atoms with Crippen LogP contribution in [0.4, 0.5) is 0 Å². The van der Waals surface area contributed by atoms with Crippen molar-refractivity contribution in [2.75, 3.05) is 6.54 Å². The molecular formula is C18H12ClIN2O4S. The normalized spacial score (nSPS) is 10.7. The Morgan fingerprint density at radius 2 is 1.89 bits per heavy atom. The molecule has 3 rings (SSSR count). The van der Waals surface area contributed by atoms with Crippen molar-refractivity contribution in [3.8, 4) is 5.75 Å². The largest absolute Gasteiger partial charge is 0.505 e. The number of carboxylic acid groups (broad SMARTS) is 1. The highest BCUT2D eigenvalue weighted by molar-refractivity contribution is 14.1. The Morgan fingerprint density at radius 1 is 1.19 bits per heavy atom. The number of hydrogen-bond donors (Lipinski definition) is 3. The zero-order valence-corrected chi connectivity index (χ0v) is 17.3. The molecule has 138 valence electrons.